The number of halogens is 1. The van der Waals surface area contributed by atoms with E-state index in [1.165, 1.54) is 12.1 Å². The van der Waals surface area contributed by atoms with Crippen molar-refractivity contribution in [3.63, 3.8) is 0 Å². The number of rotatable bonds is 7. The van der Waals surface area contributed by atoms with E-state index in [0.717, 1.165) is 11.1 Å². The molecule has 8 heteroatoms. The number of hydrogen-bond acceptors (Lipinski definition) is 4. The average molecular weight is 484 g/mol. The number of benzene rings is 2. The van der Waals surface area contributed by atoms with Crippen molar-refractivity contribution < 1.29 is 18.8 Å². The Labute approximate surface area is 203 Å². The lowest BCUT2D eigenvalue weighted by Gasteiger charge is -2.32. The van der Waals surface area contributed by atoms with Gasteiger partial charge in [-0.05, 0) is 49.1 Å². The molecule has 0 aliphatic carbocycles. The maximum atomic E-state index is 13.6. The lowest BCUT2D eigenvalue weighted by Crippen LogP contribution is -2.58. The van der Waals surface area contributed by atoms with Gasteiger partial charge in [-0.15, -0.1) is 11.8 Å². The van der Waals surface area contributed by atoms with Crippen LogP contribution in [0.15, 0.2) is 48.5 Å². The fourth-order valence-corrected chi connectivity index (χ4v) is 6.23. The van der Waals surface area contributed by atoms with E-state index < -0.39 is 16.8 Å². The lowest BCUT2D eigenvalue weighted by atomic mass is 9.95. The van der Waals surface area contributed by atoms with Gasteiger partial charge in [0.05, 0.1) is 0 Å². The summed E-state index contributed by atoms with van der Waals surface area (Å²) in [6.07, 6.45) is 0.689. The van der Waals surface area contributed by atoms with E-state index in [-0.39, 0.29) is 41.4 Å². The third-order valence-electron chi connectivity index (χ3n) is 6.72. The van der Waals surface area contributed by atoms with Crippen LogP contribution in [0.1, 0.15) is 61.0 Å². The van der Waals surface area contributed by atoms with E-state index in [2.05, 4.69) is 10.6 Å². The summed E-state index contributed by atoms with van der Waals surface area (Å²) >= 11 is 1.59. The van der Waals surface area contributed by atoms with Crippen molar-refractivity contribution in [1.82, 2.24) is 15.5 Å². The normalized spacial score (nSPS) is 22.0. The van der Waals surface area contributed by atoms with E-state index in [1.54, 1.807) is 34.9 Å². The van der Waals surface area contributed by atoms with Gasteiger partial charge in [0.1, 0.15) is 23.3 Å². The SMILES string of the molecule is CC[C@@H](C)[C@H](NC(=O)[C@H]1N2C(=O)c3ccccc3[C@H]2SC1(C)C)C(=O)NCc1ccc(F)cc1. The van der Waals surface area contributed by atoms with Crippen molar-refractivity contribution in [1.29, 1.82) is 0 Å². The molecule has 0 saturated carbocycles. The first kappa shape index (κ1) is 24.3. The second kappa shape index (κ2) is 9.41. The van der Waals surface area contributed by atoms with E-state index in [1.807, 2.05) is 45.9 Å². The molecule has 1 saturated heterocycles. The predicted molar refractivity (Wildman–Crippen MR) is 130 cm³/mol. The van der Waals surface area contributed by atoms with E-state index in [9.17, 15) is 18.8 Å². The summed E-state index contributed by atoms with van der Waals surface area (Å²) in [5.74, 6) is -1.24. The molecule has 2 aromatic carbocycles. The number of nitrogens with zero attached hydrogens (tertiary/aromatic N) is 1. The molecule has 6 nitrogen and oxygen atoms in total. The summed E-state index contributed by atoms with van der Waals surface area (Å²) in [5.41, 5.74) is 2.32. The first-order valence-corrected chi connectivity index (χ1v) is 12.4. The Morgan fingerprint density at radius 2 is 1.82 bits per heavy atom. The van der Waals surface area contributed by atoms with Crippen LogP contribution in [0.2, 0.25) is 0 Å². The Balaban J connectivity index is 1.51. The molecule has 4 atom stereocenters. The van der Waals surface area contributed by atoms with Gasteiger partial charge in [-0.2, -0.15) is 0 Å². The maximum absolute atomic E-state index is 13.6. The highest BCUT2D eigenvalue weighted by molar-refractivity contribution is 8.01. The van der Waals surface area contributed by atoms with Gasteiger partial charge in [0.25, 0.3) is 5.91 Å². The number of amides is 3. The molecule has 180 valence electrons. The molecule has 2 N–H and O–H groups in total. The number of fused-ring (bicyclic) bond motifs is 3. The molecule has 2 aliphatic rings. The average Bonchev–Trinajstić information content (AvgIpc) is 3.25. The van der Waals surface area contributed by atoms with E-state index in [0.29, 0.717) is 12.0 Å². The standard InChI is InChI=1S/C26H30FN3O3S/c1-5-15(2)20(22(31)28-14-16-10-12-17(27)13-11-16)29-23(32)21-26(3,4)34-25-19-9-7-6-8-18(19)24(33)30(21)25/h6-13,15,20-21,25H,5,14H2,1-4H3,(H,28,31)(H,29,32)/t15-,20+,21-,25-/m1/s1. The molecule has 3 amide bonds. The molecule has 2 aliphatic heterocycles. The fourth-order valence-electron chi connectivity index (χ4n) is 4.64. The first-order valence-electron chi connectivity index (χ1n) is 11.6. The van der Waals surface area contributed by atoms with Crippen molar-refractivity contribution in [2.75, 3.05) is 0 Å². The summed E-state index contributed by atoms with van der Waals surface area (Å²) in [4.78, 5) is 41.5. The smallest absolute Gasteiger partial charge is 0.256 e. The number of carbonyl (C=O) groups is 3. The quantitative estimate of drug-likeness (QED) is 0.624. The second-order valence-corrected chi connectivity index (χ2v) is 11.2. The monoisotopic (exact) mass is 483 g/mol. The van der Waals surface area contributed by atoms with Crippen molar-refractivity contribution >= 4 is 29.5 Å². The largest absolute Gasteiger partial charge is 0.350 e. The first-order chi connectivity index (χ1) is 16.1. The minimum atomic E-state index is -0.752. The van der Waals surface area contributed by atoms with Crippen LogP contribution in [0.3, 0.4) is 0 Å². The molecule has 34 heavy (non-hydrogen) atoms. The topological polar surface area (TPSA) is 78.5 Å². The number of nitrogens with one attached hydrogen (secondary N) is 2. The van der Waals surface area contributed by atoms with Crippen molar-refractivity contribution in [2.24, 2.45) is 5.92 Å². The molecule has 0 radical (unpaired) electrons. The van der Waals surface area contributed by atoms with Gasteiger partial charge >= 0.3 is 0 Å². The van der Waals surface area contributed by atoms with Gasteiger partial charge in [-0.3, -0.25) is 14.4 Å². The van der Waals surface area contributed by atoms with Crippen LogP contribution in [0.25, 0.3) is 0 Å². The van der Waals surface area contributed by atoms with Crippen LogP contribution in [-0.2, 0) is 16.1 Å². The summed E-state index contributed by atoms with van der Waals surface area (Å²) in [7, 11) is 0. The van der Waals surface area contributed by atoms with Gasteiger partial charge < -0.3 is 15.5 Å². The number of hydrogen-bond donors (Lipinski definition) is 2. The van der Waals surface area contributed by atoms with Crippen LogP contribution in [-0.4, -0.2) is 39.5 Å². The Bertz CT molecular complexity index is 1100. The molecule has 4 rings (SSSR count). The van der Waals surface area contributed by atoms with Crippen molar-refractivity contribution in [3.05, 3.63) is 71.0 Å². The van der Waals surface area contributed by atoms with Crippen LogP contribution < -0.4 is 10.6 Å². The zero-order chi connectivity index (χ0) is 24.6. The minimum absolute atomic E-state index is 0.114. The highest BCUT2D eigenvalue weighted by Crippen LogP contribution is 2.56. The molecular formula is C26H30FN3O3S. The zero-order valence-electron chi connectivity index (χ0n) is 19.8. The highest BCUT2D eigenvalue weighted by atomic mass is 32.2. The van der Waals surface area contributed by atoms with E-state index in [4.69, 9.17) is 0 Å². The Hall–Kier alpha value is -2.87. The summed E-state index contributed by atoms with van der Waals surface area (Å²) in [6, 6.07) is 11.9. The summed E-state index contributed by atoms with van der Waals surface area (Å²) < 4.78 is 12.6. The molecular weight excluding hydrogens is 453 g/mol. The highest BCUT2D eigenvalue weighted by Gasteiger charge is 2.57. The van der Waals surface area contributed by atoms with Crippen LogP contribution >= 0.6 is 11.8 Å². The third kappa shape index (κ3) is 4.43. The van der Waals surface area contributed by atoms with Gasteiger partial charge in [0.2, 0.25) is 11.8 Å². The Morgan fingerprint density at radius 1 is 1.15 bits per heavy atom. The molecule has 0 bridgehead atoms. The summed E-state index contributed by atoms with van der Waals surface area (Å²) in [5, 5.41) is 5.59. The van der Waals surface area contributed by atoms with Crippen molar-refractivity contribution in [3.8, 4) is 0 Å². The number of carbonyl (C=O) groups excluding carboxylic acids is 3. The zero-order valence-corrected chi connectivity index (χ0v) is 20.6. The van der Waals surface area contributed by atoms with Gasteiger partial charge in [0, 0.05) is 16.9 Å². The van der Waals surface area contributed by atoms with Crippen LogP contribution in [0, 0.1) is 11.7 Å². The second-order valence-electron chi connectivity index (χ2n) is 9.49. The fraction of sp³-hybridized carbons (Fsp3) is 0.423. The minimum Gasteiger partial charge on any atom is -0.350 e. The predicted octanol–water partition coefficient (Wildman–Crippen LogP) is 4.02. The maximum Gasteiger partial charge on any atom is 0.256 e. The van der Waals surface area contributed by atoms with E-state index >= 15 is 0 Å². The molecule has 0 spiro atoms. The third-order valence-corrected chi connectivity index (χ3v) is 8.25. The Kier molecular flexibility index (Phi) is 6.71. The van der Waals surface area contributed by atoms with Gasteiger partial charge in [-0.25, -0.2) is 4.39 Å². The molecule has 2 aromatic rings. The number of thioether (sulfide) groups is 1. The lowest BCUT2D eigenvalue weighted by molar-refractivity contribution is -0.133. The Morgan fingerprint density at radius 3 is 2.50 bits per heavy atom. The van der Waals surface area contributed by atoms with Crippen LogP contribution in [0.5, 0.6) is 0 Å². The molecule has 0 aromatic heterocycles. The molecule has 1 fully saturated rings. The van der Waals surface area contributed by atoms with Crippen LogP contribution in [0.4, 0.5) is 4.39 Å². The molecule has 0 unspecified atom stereocenters. The molecule has 2 heterocycles. The summed E-state index contributed by atoms with van der Waals surface area (Å²) in [6.45, 7) is 8.03. The van der Waals surface area contributed by atoms with Gasteiger partial charge in [-0.1, -0.05) is 50.6 Å². The van der Waals surface area contributed by atoms with Crippen molar-refractivity contribution in [2.45, 2.75) is 62.9 Å². The van der Waals surface area contributed by atoms with Gasteiger partial charge in [0.15, 0.2) is 0 Å².